The standard InChI is InChI=1S/C21H27N3O2/c25-20(23-14-17-6-3-7-19-18(17)8-11-22-19)15-9-12-24(13-10-15)21(26)16-4-1-2-5-16/h3,6-8,11,15-16,22H,1-2,4-5,9-10,12-14H2,(H,23,25). The second-order valence-electron chi connectivity index (χ2n) is 7.65. The van der Waals surface area contributed by atoms with Gasteiger partial charge in [0, 0.05) is 48.6 Å². The fraction of sp³-hybridized carbons (Fsp3) is 0.524. The molecule has 2 heterocycles. The number of aromatic nitrogens is 1. The van der Waals surface area contributed by atoms with Crippen molar-refractivity contribution in [3.05, 3.63) is 36.0 Å². The van der Waals surface area contributed by atoms with Gasteiger partial charge in [-0.15, -0.1) is 0 Å². The molecule has 2 fully saturated rings. The van der Waals surface area contributed by atoms with E-state index in [4.69, 9.17) is 0 Å². The maximum atomic E-state index is 12.6. The zero-order chi connectivity index (χ0) is 17.9. The average molecular weight is 353 g/mol. The third-order valence-corrected chi connectivity index (χ3v) is 6.02. The van der Waals surface area contributed by atoms with Crippen LogP contribution in [-0.2, 0) is 16.1 Å². The summed E-state index contributed by atoms with van der Waals surface area (Å²) in [7, 11) is 0. The van der Waals surface area contributed by atoms with E-state index in [-0.39, 0.29) is 17.7 Å². The number of piperidine rings is 1. The van der Waals surface area contributed by atoms with Crippen LogP contribution in [0, 0.1) is 11.8 Å². The predicted molar refractivity (Wildman–Crippen MR) is 101 cm³/mol. The highest BCUT2D eigenvalue weighted by Crippen LogP contribution is 2.28. The van der Waals surface area contributed by atoms with E-state index >= 15 is 0 Å². The number of H-pyrrole nitrogens is 1. The number of nitrogens with zero attached hydrogens (tertiary/aromatic N) is 1. The summed E-state index contributed by atoms with van der Waals surface area (Å²) in [5.41, 5.74) is 2.22. The molecule has 1 aromatic carbocycles. The second-order valence-corrected chi connectivity index (χ2v) is 7.65. The number of carbonyl (C=O) groups excluding carboxylic acids is 2. The molecule has 5 nitrogen and oxygen atoms in total. The topological polar surface area (TPSA) is 65.2 Å². The van der Waals surface area contributed by atoms with Gasteiger partial charge in [-0.05, 0) is 43.4 Å². The number of aromatic amines is 1. The molecule has 0 radical (unpaired) electrons. The Morgan fingerprint density at radius 3 is 2.58 bits per heavy atom. The van der Waals surface area contributed by atoms with Crippen molar-refractivity contribution < 1.29 is 9.59 Å². The molecule has 0 spiro atoms. The first kappa shape index (κ1) is 17.1. The van der Waals surface area contributed by atoms with Gasteiger partial charge in [-0.2, -0.15) is 0 Å². The fourth-order valence-electron chi connectivity index (χ4n) is 4.42. The van der Waals surface area contributed by atoms with Gasteiger partial charge in [0.1, 0.15) is 0 Å². The summed E-state index contributed by atoms with van der Waals surface area (Å²) < 4.78 is 0. The minimum Gasteiger partial charge on any atom is -0.361 e. The van der Waals surface area contributed by atoms with Gasteiger partial charge < -0.3 is 15.2 Å². The molecule has 5 heteroatoms. The van der Waals surface area contributed by atoms with Crippen LogP contribution in [-0.4, -0.2) is 34.8 Å². The van der Waals surface area contributed by atoms with E-state index in [0.29, 0.717) is 12.5 Å². The van der Waals surface area contributed by atoms with Gasteiger partial charge in [0.25, 0.3) is 0 Å². The lowest BCUT2D eigenvalue weighted by Crippen LogP contribution is -2.44. The minimum absolute atomic E-state index is 0.0213. The molecule has 4 rings (SSSR count). The van der Waals surface area contributed by atoms with E-state index in [9.17, 15) is 9.59 Å². The quantitative estimate of drug-likeness (QED) is 0.886. The van der Waals surface area contributed by atoms with Crippen molar-refractivity contribution in [3.63, 3.8) is 0 Å². The molecular formula is C21H27N3O2. The fourth-order valence-corrected chi connectivity index (χ4v) is 4.42. The highest BCUT2D eigenvalue weighted by atomic mass is 16.2. The van der Waals surface area contributed by atoms with Crippen LogP contribution in [0.25, 0.3) is 10.9 Å². The lowest BCUT2D eigenvalue weighted by Gasteiger charge is -2.33. The van der Waals surface area contributed by atoms with Gasteiger partial charge in [0.05, 0.1) is 0 Å². The SMILES string of the molecule is O=C(NCc1cccc2[nH]ccc12)C1CCN(C(=O)C2CCCC2)CC1. The summed E-state index contributed by atoms with van der Waals surface area (Å²) >= 11 is 0. The maximum absolute atomic E-state index is 12.6. The van der Waals surface area contributed by atoms with E-state index in [1.807, 2.05) is 29.3 Å². The third-order valence-electron chi connectivity index (χ3n) is 6.02. The molecule has 1 saturated heterocycles. The van der Waals surface area contributed by atoms with E-state index in [1.54, 1.807) is 0 Å². The van der Waals surface area contributed by atoms with Crippen LogP contribution in [0.3, 0.4) is 0 Å². The molecule has 0 unspecified atom stereocenters. The summed E-state index contributed by atoms with van der Waals surface area (Å²) in [4.78, 5) is 30.3. The Hall–Kier alpha value is -2.30. The van der Waals surface area contributed by atoms with Crippen molar-refractivity contribution in [3.8, 4) is 0 Å². The molecule has 2 N–H and O–H groups in total. The molecule has 138 valence electrons. The first-order valence-corrected chi connectivity index (χ1v) is 9.84. The smallest absolute Gasteiger partial charge is 0.225 e. The highest BCUT2D eigenvalue weighted by molar-refractivity contribution is 5.84. The van der Waals surface area contributed by atoms with Crippen molar-refractivity contribution in [2.75, 3.05) is 13.1 Å². The van der Waals surface area contributed by atoms with Crippen molar-refractivity contribution in [1.82, 2.24) is 15.2 Å². The van der Waals surface area contributed by atoms with Gasteiger partial charge >= 0.3 is 0 Å². The molecule has 2 aromatic rings. The lowest BCUT2D eigenvalue weighted by molar-refractivity contribution is -0.139. The van der Waals surface area contributed by atoms with Gasteiger partial charge in [0.2, 0.25) is 11.8 Å². The number of rotatable bonds is 4. The molecule has 26 heavy (non-hydrogen) atoms. The lowest BCUT2D eigenvalue weighted by atomic mass is 9.94. The number of amides is 2. The summed E-state index contributed by atoms with van der Waals surface area (Å²) in [5, 5.41) is 4.25. The van der Waals surface area contributed by atoms with Crippen LogP contribution in [0.4, 0.5) is 0 Å². The summed E-state index contributed by atoms with van der Waals surface area (Å²) in [5.74, 6) is 0.696. The van der Waals surface area contributed by atoms with Crippen molar-refractivity contribution in [2.24, 2.45) is 11.8 Å². The van der Waals surface area contributed by atoms with E-state index in [2.05, 4.69) is 16.4 Å². The number of hydrogen-bond acceptors (Lipinski definition) is 2. The molecule has 1 saturated carbocycles. The number of fused-ring (bicyclic) bond motifs is 1. The zero-order valence-corrected chi connectivity index (χ0v) is 15.2. The van der Waals surface area contributed by atoms with Crippen LogP contribution in [0.2, 0.25) is 0 Å². The molecular weight excluding hydrogens is 326 g/mol. The average Bonchev–Trinajstić information content (AvgIpc) is 3.37. The van der Waals surface area contributed by atoms with E-state index < -0.39 is 0 Å². The van der Waals surface area contributed by atoms with Gasteiger partial charge in [0.15, 0.2) is 0 Å². The molecule has 0 bridgehead atoms. The number of hydrogen-bond donors (Lipinski definition) is 2. The van der Waals surface area contributed by atoms with Gasteiger partial charge in [-0.3, -0.25) is 9.59 Å². The normalized spacial score (nSPS) is 19.2. The molecule has 2 amide bonds. The summed E-state index contributed by atoms with van der Waals surface area (Å²) in [6.45, 7) is 2.00. The second kappa shape index (κ2) is 7.52. The number of carbonyl (C=O) groups is 2. The van der Waals surface area contributed by atoms with Crippen LogP contribution >= 0.6 is 0 Å². The van der Waals surface area contributed by atoms with Crippen molar-refractivity contribution in [1.29, 1.82) is 0 Å². The molecule has 1 aliphatic carbocycles. The zero-order valence-electron chi connectivity index (χ0n) is 15.2. The Kier molecular flexibility index (Phi) is 4.96. The minimum atomic E-state index is 0.0213. The van der Waals surface area contributed by atoms with Crippen molar-refractivity contribution in [2.45, 2.75) is 45.1 Å². The first-order valence-electron chi connectivity index (χ1n) is 9.84. The van der Waals surface area contributed by atoms with Gasteiger partial charge in [-0.25, -0.2) is 0 Å². The Morgan fingerprint density at radius 2 is 1.81 bits per heavy atom. The van der Waals surface area contributed by atoms with Crippen molar-refractivity contribution >= 4 is 22.7 Å². The van der Waals surface area contributed by atoms with Crippen LogP contribution < -0.4 is 5.32 Å². The Bertz CT molecular complexity index is 783. The maximum Gasteiger partial charge on any atom is 0.225 e. The van der Waals surface area contributed by atoms with Crippen LogP contribution in [0.5, 0.6) is 0 Å². The predicted octanol–water partition coefficient (Wildman–Crippen LogP) is 3.21. The van der Waals surface area contributed by atoms with Crippen LogP contribution in [0.15, 0.2) is 30.5 Å². The Labute approximate surface area is 154 Å². The van der Waals surface area contributed by atoms with Crippen LogP contribution in [0.1, 0.15) is 44.1 Å². The molecule has 2 aliphatic rings. The number of nitrogens with one attached hydrogen (secondary N) is 2. The molecule has 1 aromatic heterocycles. The monoisotopic (exact) mass is 353 g/mol. The summed E-state index contributed by atoms with van der Waals surface area (Å²) in [6, 6.07) is 8.15. The van der Waals surface area contributed by atoms with E-state index in [1.165, 1.54) is 12.8 Å². The third kappa shape index (κ3) is 3.48. The Balaban J connectivity index is 1.28. The first-order chi connectivity index (χ1) is 12.7. The highest BCUT2D eigenvalue weighted by Gasteiger charge is 2.31. The Morgan fingerprint density at radius 1 is 1.04 bits per heavy atom. The van der Waals surface area contributed by atoms with Gasteiger partial charge in [-0.1, -0.05) is 25.0 Å². The number of likely N-dealkylation sites (tertiary alicyclic amines) is 1. The molecule has 0 atom stereocenters. The summed E-state index contributed by atoms with van der Waals surface area (Å²) in [6.07, 6.45) is 7.94. The molecule has 1 aliphatic heterocycles. The largest absolute Gasteiger partial charge is 0.361 e. The number of benzene rings is 1. The van der Waals surface area contributed by atoms with E-state index in [0.717, 1.165) is 55.2 Å².